The Labute approximate surface area is 141 Å². The van der Waals surface area contributed by atoms with Gasteiger partial charge < -0.3 is 9.88 Å². The van der Waals surface area contributed by atoms with E-state index < -0.39 is 0 Å². The van der Waals surface area contributed by atoms with Gasteiger partial charge in [0.1, 0.15) is 6.33 Å². The van der Waals surface area contributed by atoms with Gasteiger partial charge in [-0.3, -0.25) is 4.79 Å². The predicted octanol–water partition coefficient (Wildman–Crippen LogP) is 3.82. The molecule has 0 bridgehead atoms. The van der Waals surface area contributed by atoms with E-state index in [0.717, 1.165) is 34.9 Å². The molecule has 0 atom stereocenters. The third-order valence-electron chi connectivity index (χ3n) is 3.58. The van der Waals surface area contributed by atoms with Crippen molar-refractivity contribution in [3.63, 3.8) is 0 Å². The van der Waals surface area contributed by atoms with E-state index in [2.05, 4.69) is 22.4 Å². The number of nitrogens with zero attached hydrogens (tertiary/aromatic N) is 3. The minimum Gasteiger partial charge on any atom is -0.325 e. The van der Waals surface area contributed by atoms with Crippen molar-refractivity contribution in [2.75, 3.05) is 11.1 Å². The number of hydrogen-bond acceptors (Lipinski definition) is 4. The van der Waals surface area contributed by atoms with Crippen molar-refractivity contribution < 1.29 is 4.79 Å². The summed E-state index contributed by atoms with van der Waals surface area (Å²) in [4.78, 5) is 12.2. The summed E-state index contributed by atoms with van der Waals surface area (Å²) in [6.07, 6.45) is 5.22. The number of anilines is 1. The Morgan fingerprint density at radius 2 is 2.13 bits per heavy atom. The van der Waals surface area contributed by atoms with E-state index in [4.69, 9.17) is 0 Å². The molecule has 2 rings (SSSR count). The first kappa shape index (κ1) is 17.5. The number of carbonyl (C=O) groups is 1. The van der Waals surface area contributed by atoms with Crippen LogP contribution >= 0.6 is 11.8 Å². The number of rotatable bonds is 8. The fraction of sp³-hybridized carbons (Fsp3) is 0.471. The molecule has 1 aromatic heterocycles. The summed E-state index contributed by atoms with van der Waals surface area (Å²) in [5.74, 6) is 0.312. The Balaban J connectivity index is 1.87. The molecule has 1 aromatic carbocycles. The average Bonchev–Trinajstić information content (AvgIpc) is 2.97. The normalized spacial score (nSPS) is 10.7. The molecular weight excluding hydrogens is 308 g/mol. The molecule has 0 aliphatic carbocycles. The molecule has 0 spiro atoms. The highest BCUT2D eigenvalue weighted by Gasteiger charge is 2.10. The van der Waals surface area contributed by atoms with Crippen molar-refractivity contribution in [2.45, 2.75) is 51.7 Å². The molecule has 1 amide bonds. The number of carbonyl (C=O) groups excluding carboxylic acids is 1. The van der Waals surface area contributed by atoms with Gasteiger partial charge in [-0.05, 0) is 37.5 Å². The zero-order valence-electron chi connectivity index (χ0n) is 14.0. The molecule has 0 aliphatic rings. The van der Waals surface area contributed by atoms with E-state index in [-0.39, 0.29) is 5.91 Å². The van der Waals surface area contributed by atoms with Crippen LogP contribution in [-0.4, -0.2) is 26.4 Å². The van der Waals surface area contributed by atoms with Crippen molar-refractivity contribution in [3.8, 4) is 0 Å². The molecule has 124 valence electrons. The molecule has 0 unspecified atom stereocenters. The second-order valence-corrected chi connectivity index (χ2v) is 6.61. The van der Waals surface area contributed by atoms with Gasteiger partial charge in [-0.2, -0.15) is 0 Å². The Bertz CT molecular complexity index is 654. The van der Waals surface area contributed by atoms with Crippen LogP contribution in [0.1, 0.15) is 37.3 Å². The highest BCUT2D eigenvalue weighted by Crippen LogP contribution is 2.19. The number of hydrogen-bond donors (Lipinski definition) is 1. The number of benzene rings is 1. The van der Waals surface area contributed by atoms with E-state index in [1.54, 1.807) is 6.33 Å². The Morgan fingerprint density at radius 1 is 1.30 bits per heavy atom. The largest absolute Gasteiger partial charge is 0.325 e. The van der Waals surface area contributed by atoms with E-state index >= 15 is 0 Å². The first-order chi connectivity index (χ1) is 11.1. The molecule has 6 heteroatoms. The summed E-state index contributed by atoms with van der Waals surface area (Å²) in [6, 6.07) is 6.05. The smallest absolute Gasteiger partial charge is 0.234 e. The summed E-state index contributed by atoms with van der Waals surface area (Å²) < 4.78 is 2.02. The Hall–Kier alpha value is -1.82. The van der Waals surface area contributed by atoms with Crippen LogP contribution in [0, 0.1) is 13.8 Å². The van der Waals surface area contributed by atoms with Crippen LogP contribution in [0.4, 0.5) is 5.69 Å². The van der Waals surface area contributed by atoms with Crippen molar-refractivity contribution in [3.05, 3.63) is 35.7 Å². The first-order valence-corrected chi connectivity index (χ1v) is 8.96. The highest BCUT2D eigenvalue weighted by atomic mass is 32.2. The van der Waals surface area contributed by atoms with Crippen molar-refractivity contribution in [1.82, 2.24) is 14.8 Å². The van der Waals surface area contributed by atoms with E-state index in [0.29, 0.717) is 5.75 Å². The fourth-order valence-corrected chi connectivity index (χ4v) is 2.97. The Morgan fingerprint density at radius 3 is 2.91 bits per heavy atom. The minimum absolute atomic E-state index is 0.0215. The summed E-state index contributed by atoms with van der Waals surface area (Å²) >= 11 is 1.43. The molecule has 1 N–H and O–H groups in total. The molecule has 23 heavy (non-hydrogen) atoms. The maximum absolute atomic E-state index is 12.2. The zero-order chi connectivity index (χ0) is 16.7. The fourth-order valence-electron chi connectivity index (χ4n) is 2.23. The van der Waals surface area contributed by atoms with Crippen LogP contribution in [0.5, 0.6) is 0 Å². The predicted molar refractivity (Wildman–Crippen MR) is 94.8 cm³/mol. The molecule has 0 radical (unpaired) electrons. The van der Waals surface area contributed by atoms with Crippen molar-refractivity contribution in [2.24, 2.45) is 0 Å². The van der Waals surface area contributed by atoms with Gasteiger partial charge >= 0.3 is 0 Å². The SMILES string of the molecule is CCCCCn1cnnc1SCC(=O)Nc1cc(C)ccc1C. The van der Waals surface area contributed by atoms with E-state index in [1.165, 1.54) is 24.6 Å². The second kappa shape index (κ2) is 8.72. The summed E-state index contributed by atoms with van der Waals surface area (Å²) in [6.45, 7) is 7.09. The van der Waals surface area contributed by atoms with Crippen LogP contribution in [0.2, 0.25) is 0 Å². The van der Waals surface area contributed by atoms with Gasteiger partial charge in [0, 0.05) is 12.2 Å². The molecule has 0 saturated heterocycles. The topological polar surface area (TPSA) is 59.8 Å². The lowest BCUT2D eigenvalue weighted by Crippen LogP contribution is -2.15. The van der Waals surface area contributed by atoms with Crippen LogP contribution in [0.25, 0.3) is 0 Å². The molecule has 0 aliphatic heterocycles. The van der Waals surface area contributed by atoms with Gasteiger partial charge in [-0.1, -0.05) is 43.7 Å². The van der Waals surface area contributed by atoms with Gasteiger partial charge in [-0.25, -0.2) is 0 Å². The molecule has 0 fully saturated rings. The first-order valence-electron chi connectivity index (χ1n) is 7.98. The van der Waals surface area contributed by atoms with Gasteiger partial charge in [0.05, 0.1) is 5.75 Å². The van der Waals surface area contributed by atoms with Gasteiger partial charge in [0.2, 0.25) is 5.91 Å². The van der Waals surface area contributed by atoms with Gasteiger partial charge in [0.25, 0.3) is 0 Å². The van der Waals surface area contributed by atoms with Crippen LogP contribution in [0.3, 0.4) is 0 Å². The maximum Gasteiger partial charge on any atom is 0.234 e. The number of aromatic nitrogens is 3. The summed E-state index contributed by atoms with van der Waals surface area (Å²) in [7, 11) is 0. The molecule has 2 aromatic rings. The number of unbranched alkanes of at least 4 members (excludes halogenated alkanes) is 2. The van der Waals surface area contributed by atoms with E-state index in [1.807, 2.05) is 36.6 Å². The molecule has 1 heterocycles. The second-order valence-electron chi connectivity index (χ2n) is 5.67. The van der Waals surface area contributed by atoms with E-state index in [9.17, 15) is 4.79 Å². The number of thioether (sulfide) groups is 1. The van der Waals surface area contributed by atoms with Crippen molar-refractivity contribution in [1.29, 1.82) is 0 Å². The standard InChI is InChI=1S/C17H24N4OS/c1-4-5-6-9-21-12-18-20-17(21)23-11-16(22)19-15-10-13(2)7-8-14(15)3/h7-8,10,12H,4-6,9,11H2,1-3H3,(H,19,22). The van der Waals surface area contributed by atoms with Crippen molar-refractivity contribution >= 4 is 23.4 Å². The molecular formula is C17H24N4OS. The average molecular weight is 332 g/mol. The Kier molecular flexibility index (Phi) is 6.65. The summed E-state index contributed by atoms with van der Waals surface area (Å²) in [5.41, 5.74) is 3.07. The van der Waals surface area contributed by atoms with Crippen LogP contribution in [0.15, 0.2) is 29.7 Å². The number of nitrogens with one attached hydrogen (secondary N) is 1. The lowest BCUT2D eigenvalue weighted by atomic mass is 10.1. The van der Waals surface area contributed by atoms with Gasteiger partial charge in [-0.15, -0.1) is 10.2 Å². The highest BCUT2D eigenvalue weighted by molar-refractivity contribution is 7.99. The molecule has 5 nitrogen and oxygen atoms in total. The van der Waals surface area contributed by atoms with Crippen LogP contribution < -0.4 is 5.32 Å². The third kappa shape index (κ3) is 5.39. The molecule has 0 saturated carbocycles. The monoisotopic (exact) mass is 332 g/mol. The maximum atomic E-state index is 12.2. The minimum atomic E-state index is -0.0215. The lowest BCUT2D eigenvalue weighted by Gasteiger charge is -2.09. The summed E-state index contributed by atoms with van der Waals surface area (Å²) in [5, 5.41) is 11.8. The zero-order valence-corrected chi connectivity index (χ0v) is 14.8. The number of aryl methyl sites for hydroxylation is 3. The third-order valence-corrected chi connectivity index (χ3v) is 4.56. The van der Waals surface area contributed by atoms with Crippen LogP contribution in [-0.2, 0) is 11.3 Å². The van der Waals surface area contributed by atoms with Gasteiger partial charge in [0.15, 0.2) is 5.16 Å². The quantitative estimate of drug-likeness (QED) is 0.590. The number of amides is 1. The lowest BCUT2D eigenvalue weighted by molar-refractivity contribution is -0.113.